The normalized spacial score (nSPS) is 10.7. The first kappa shape index (κ1) is 18.3. The Hall–Kier alpha value is -3.02. The molecule has 0 bridgehead atoms. The fraction of sp³-hybridized carbons (Fsp3) is 0.263. The highest BCUT2D eigenvalue weighted by Crippen LogP contribution is 2.16. The van der Waals surface area contributed by atoms with Crippen LogP contribution in [0.15, 0.2) is 54.6 Å². The van der Waals surface area contributed by atoms with Crippen molar-refractivity contribution in [3.63, 3.8) is 0 Å². The van der Waals surface area contributed by atoms with Gasteiger partial charge in [0.1, 0.15) is 12.2 Å². The lowest BCUT2D eigenvalue weighted by atomic mass is 10.2. The van der Waals surface area contributed by atoms with Crippen LogP contribution >= 0.6 is 0 Å². The monoisotopic (exact) mass is 342 g/mol. The number of carbonyl (C=O) groups is 2. The highest BCUT2D eigenvalue weighted by Gasteiger charge is 2.16. The summed E-state index contributed by atoms with van der Waals surface area (Å²) >= 11 is 0. The van der Waals surface area contributed by atoms with Gasteiger partial charge in [0, 0.05) is 11.4 Å². The van der Waals surface area contributed by atoms with Crippen molar-refractivity contribution < 1.29 is 19.1 Å². The first-order valence-electron chi connectivity index (χ1n) is 7.89. The van der Waals surface area contributed by atoms with Gasteiger partial charge in [-0.2, -0.15) is 0 Å². The average molecular weight is 342 g/mol. The van der Waals surface area contributed by atoms with E-state index in [1.807, 2.05) is 30.3 Å². The third kappa shape index (κ3) is 6.95. The smallest absolute Gasteiger partial charge is 0.412 e. The number of hydrogen-bond acceptors (Lipinski definition) is 4. The summed E-state index contributed by atoms with van der Waals surface area (Å²) in [6, 6.07) is 16.1. The van der Waals surface area contributed by atoms with Gasteiger partial charge >= 0.3 is 12.2 Å². The van der Waals surface area contributed by atoms with Crippen LogP contribution in [0.1, 0.15) is 26.3 Å². The van der Waals surface area contributed by atoms with Crippen molar-refractivity contribution in [3.05, 3.63) is 60.2 Å². The van der Waals surface area contributed by atoms with E-state index in [0.717, 1.165) is 5.56 Å². The van der Waals surface area contributed by atoms with Crippen LogP contribution < -0.4 is 10.6 Å². The molecule has 0 heterocycles. The highest BCUT2D eigenvalue weighted by atomic mass is 16.6. The van der Waals surface area contributed by atoms with Gasteiger partial charge < -0.3 is 9.47 Å². The fourth-order valence-corrected chi connectivity index (χ4v) is 1.94. The van der Waals surface area contributed by atoms with E-state index in [9.17, 15) is 9.59 Å². The van der Waals surface area contributed by atoms with E-state index in [4.69, 9.17) is 9.47 Å². The van der Waals surface area contributed by atoms with Gasteiger partial charge in [-0.15, -0.1) is 0 Å². The Morgan fingerprint density at radius 3 is 1.88 bits per heavy atom. The molecule has 2 rings (SSSR count). The molecule has 0 aliphatic carbocycles. The zero-order valence-electron chi connectivity index (χ0n) is 14.5. The van der Waals surface area contributed by atoms with Crippen molar-refractivity contribution in [2.24, 2.45) is 0 Å². The lowest BCUT2D eigenvalue weighted by molar-refractivity contribution is 0.0636. The highest BCUT2D eigenvalue weighted by molar-refractivity contribution is 5.87. The van der Waals surface area contributed by atoms with Gasteiger partial charge in [0.15, 0.2) is 0 Å². The molecule has 6 heteroatoms. The molecule has 0 atom stereocenters. The maximum Gasteiger partial charge on any atom is 0.412 e. The van der Waals surface area contributed by atoms with Gasteiger partial charge in [-0.05, 0) is 50.6 Å². The van der Waals surface area contributed by atoms with E-state index in [1.54, 1.807) is 45.0 Å². The summed E-state index contributed by atoms with van der Waals surface area (Å²) in [6.07, 6.45) is -1.08. The van der Waals surface area contributed by atoms with Crippen LogP contribution in [0.2, 0.25) is 0 Å². The van der Waals surface area contributed by atoms with E-state index < -0.39 is 17.8 Å². The summed E-state index contributed by atoms with van der Waals surface area (Å²) in [6.45, 7) is 5.58. The van der Waals surface area contributed by atoms with Crippen molar-refractivity contribution in [2.75, 3.05) is 10.6 Å². The molecule has 0 saturated heterocycles. The molecule has 25 heavy (non-hydrogen) atoms. The Bertz CT molecular complexity index is 706. The quantitative estimate of drug-likeness (QED) is 0.838. The number of rotatable bonds is 4. The number of amides is 2. The molecule has 0 radical (unpaired) electrons. The zero-order valence-corrected chi connectivity index (χ0v) is 14.5. The largest absolute Gasteiger partial charge is 0.444 e. The van der Waals surface area contributed by atoms with Crippen LogP contribution in [0.4, 0.5) is 21.0 Å². The number of benzene rings is 2. The van der Waals surface area contributed by atoms with E-state index in [1.165, 1.54) is 0 Å². The maximum atomic E-state index is 11.8. The van der Waals surface area contributed by atoms with Crippen molar-refractivity contribution in [2.45, 2.75) is 33.0 Å². The van der Waals surface area contributed by atoms with Gasteiger partial charge in [0.05, 0.1) is 0 Å². The molecule has 0 saturated carbocycles. The van der Waals surface area contributed by atoms with Crippen molar-refractivity contribution >= 4 is 23.6 Å². The molecule has 2 aromatic rings. The van der Waals surface area contributed by atoms with Crippen LogP contribution in [0, 0.1) is 0 Å². The van der Waals surface area contributed by atoms with Gasteiger partial charge in [-0.3, -0.25) is 10.6 Å². The SMILES string of the molecule is CC(C)(C)OC(=O)Nc1ccc(NC(=O)OCc2ccccc2)cc1. The first-order valence-corrected chi connectivity index (χ1v) is 7.89. The fourth-order valence-electron chi connectivity index (χ4n) is 1.94. The van der Waals surface area contributed by atoms with E-state index in [0.29, 0.717) is 11.4 Å². The summed E-state index contributed by atoms with van der Waals surface area (Å²) in [7, 11) is 0. The second-order valence-electron chi connectivity index (χ2n) is 6.39. The molecule has 2 amide bonds. The average Bonchev–Trinajstić information content (AvgIpc) is 2.54. The predicted octanol–water partition coefficient (Wildman–Crippen LogP) is 4.78. The minimum atomic E-state index is -0.561. The van der Waals surface area contributed by atoms with E-state index >= 15 is 0 Å². The number of carbonyl (C=O) groups excluding carboxylic acids is 2. The van der Waals surface area contributed by atoms with Crippen LogP contribution in [0.25, 0.3) is 0 Å². The molecule has 0 unspecified atom stereocenters. The second kappa shape index (κ2) is 8.19. The van der Waals surface area contributed by atoms with Crippen LogP contribution in [0.5, 0.6) is 0 Å². The Balaban J connectivity index is 1.81. The van der Waals surface area contributed by atoms with Crippen LogP contribution in [-0.2, 0) is 16.1 Å². The van der Waals surface area contributed by atoms with Gasteiger partial charge in [-0.1, -0.05) is 30.3 Å². The molecule has 2 aromatic carbocycles. The molecular formula is C19H22N2O4. The molecule has 132 valence electrons. The van der Waals surface area contributed by atoms with Crippen LogP contribution in [-0.4, -0.2) is 17.8 Å². The Labute approximate surface area is 147 Å². The third-order valence-electron chi connectivity index (χ3n) is 2.99. The van der Waals surface area contributed by atoms with Gasteiger partial charge in [-0.25, -0.2) is 9.59 Å². The van der Waals surface area contributed by atoms with Crippen molar-refractivity contribution in [3.8, 4) is 0 Å². The summed E-state index contributed by atoms with van der Waals surface area (Å²) in [4.78, 5) is 23.5. The molecule has 0 spiro atoms. The minimum Gasteiger partial charge on any atom is -0.444 e. The lowest BCUT2D eigenvalue weighted by Gasteiger charge is -2.19. The lowest BCUT2D eigenvalue weighted by Crippen LogP contribution is -2.27. The second-order valence-corrected chi connectivity index (χ2v) is 6.39. The number of anilines is 2. The maximum absolute atomic E-state index is 11.8. The predicted molar refractivity (Wildman–Crippen MR) is 96.5 cm³/mol. The Kier molecular flexibility index (Phi) is 6.00. The number of ether oxygens (including phenoxy) is 2. The molecule has 0 aromatic heterocycles. The molecule has 0 aliphatic heterocycles. The summed E-state index contributed by atoms with van der Waals surface area (Å²) in [5.74, 6) is 0. The molecule has 0 fully saturated rings. The number of hydrogen-bond donors (Lipinski definition) is 2. The van der Waals surface area contributed by atoms with Crippen molar-refractivity contribution in [1.29, 1.82) is 0 Å². The minimum absolute atomic E-state index is 0.199. The summed E-state index contributed by atoms with van der Waals surface area (Å²) < 4.78 is 10.3. The first-order chi connectivity index (χ1) is 11.8. The van der Waals surface area contributed by atoms with Crippen molar-refractivity contribution in [1.82, 2.24) is 0 Å². The van der Waals surface area contributed by atoms with Crippen LogP contribution in [0.3, 0.4) is 0 Å². The Morgan fingerprint density at radius 1 is 0.840 bits per heavy atom. The van der Waals surface area contributed by atoms with E-state index in [2.05, 4.69) is 10.6 Å². The molecule has 6 nitrogen and oxygen atoms in total. The zero-order chi connectivity index (χ0) is 18.3. The number of nitrogens with one attached hydrogen (secondary N) is 2. The van der Waals surface area contributed by atoms with Gasteiger partial charge in [0.2, 0.25) is 0 Å². The molecule has 0 aliphatic rings. The third-order valence-corrected chi connectivity index (χ3v) is 2.99. The summed E-state index contributed by atoms with van der Waals surface area (Å²) in [5.41, 5.74) is 1.48. The van der Waals surface area contributed by atoms with Gasteiger partial charge in [0.25, 0.3) is 0 Å². The summed E-state index contributed by atoms with van der Waals surface area (Å²) in [5, 5.41) is 5.25. The topological polar surface area (TPSA) is 76.7 Å². The standard InChI is InChI=1S/C19H22N2O4/c1-19(2,3)25-18(23)21-16-11-9-15(10-12-16)20-17(22)24-13-14-7-5-4-6-8-14/h4-12H,13H2,1-3H3,(H,20,22)(H,21,23). The molecular weight excluding hydrogens is 320 g/mol. The molecule has 2 N–H and O–H groups in total. The Morgan fingerprint density at radius 2 is 1.36 bits per heavy atom. The van der Waals surface area contributed by atoms with E-state index in [-0.39, 0.29) is 6.61 Å².